The molecule has 3 rings (SSSR count). The van der Waals surface area contributed by atoms with Crippen molar-refractivity contribution in [2.45, 2.75) is 6.54 Å². The Labute approximate surface area is 150 Å². The fraction of sp³-hybridized carbons (Fsp3) is 0.176. The summed E-state index contributed by atoms with van der Waals surface area (Å²) in [6, 6.07) is 14.8. The molecule has 0 bridgehead atoms. The van der Waals surface area contributed by atoms with Crippen molar-refractivity contribution in [3.63, 3.8) is 0 Å². The molecule has 0 atom stereocenters. The summed E-state index contributed by atoms with van der Waals surface area (Å²) in [6.07, 6.45) is 0. The van der Waals surface area contributed by atoms with E-state index in [2.05, 4.69) is 20.7 Å². The number of anilines is 2. The number of rotatable bonds is 5. The Morgan fingerprint density at radius 1 is 1.20 bits per heavy atom. The van der Waals surface area contributed by atoms with Crippen LogP contribution in [0, 0.1) is 0 Å². The van der Waals surface area contributed by atoms with Crippen LogP contribution in [0.15, 0.2) is 48.5 Å². The summed E-state index contributed by atoms with van der Waals surface area (Å²) in [4.78, 5) is 15.5. The van der Waals surface area contributed by atoms with Gasteiger partial charge in [-0.2, -0.15) is 4.80 Å². The predicted molar refractivity (Wildman–Crippen MR) is 97.7 cm³/mol. The fourth-order valence-corrected chi connectivity index (χ4v) is 2.50. The van der Waals surface area contributed by atoms with E-state index in [1.165, 1.54) is 4.80 Å². The molecule has 3 aromatic rings. The van der Waals surface area contributed by atoms with Gasteiger partial charge in [-0.15, -0.1) is 10.2 Å². The summed E-state index contributed by atoms with van der Waals surface area (Å²) in [5.41, 5.74) is 2.33. The van der Waals surface area contributed by atoms with E-state index in [0.717, 1.165) is 11.3 Å². The summed E-state index contributed by atoms with van der Waals surface area (Å²) in [5, 5.41) is 15.5. The number of hydrogen-bond acceptors (Lipinski definition) is 5. The molecule has 0 aliphatic carbocycles. The first-order valence-corrected chi connectivity index (χ1v) is 8.00. The van der Waals surface area contributed by atoms with Crippen LogP contribution >= 0.6 is 11.6 Å². The van der Waals surface area contributed by atoms with Crippen LogP contribution in [0.1, 0.15) is 0 Å². The van der Waals surface area contributed by atoms with E-state index in [0.29, 0.717) is 16.5 Å². The average Bonchev–Trinajstić information content (AvgIpc) is 3.03. The van der Waals surface area contributed by atoms with Crippen molar-refractivity contribution in [3.05, 3.63) is 53.6 Å². The summed E-state index contributed by atoms with van der Waals surface area (Å²) in [7, 11) is 3.79. The Morgan fingerprint density at radius 3 is 2.68 bits per heavy atom. The number of hydrogen-bond donors (Lipinski definition) is 1. The molecule has 0 unspecified atom stereocenters. The Kier molecular flexibility index (Phi) is 4.95. The number of halogens is 1. The minimum atomic E-state index is -0.262. The zero-order chi connectivity index (χ0) is 17.8. The molecular weight excluding hydrogens is 340 g/mol. The van der Waals surface area contributed by atoms with E-state index in [-0.39, 0.29) is 12.5 Å². The van der Waals surface area contributed by atoms with Gasteiger partial charge in [0, 0.05) is 24.7 Å². The van der Waals surface area contributed by atoms with Crippen LogP contribution in [0.25, 0.3) is 11.4 Å². The Morgan fingerprint density at radius 2 is 1.96 bits per heavy atom. The first-order chi connectivity index (χ1) is 12.0. The number of nitrogens with one attached hydrogen (secondary N) is 1. The molecule has 7 nitrogen and oxygen atoms in total. The standard InChI is InChI=1S/C17H17ClN6O/c1-23(2)15-9-8-13(18)10-14(15)19-16(25)11-24-21-17(20-22-24)12-6-4-3-5-7-12/h3-10H,11H2,1-2H3,(H,19,25). The maximum absolute atomic E-state index is 12.3. The molecule has 0 spiro atoms. The summed E-state index contributed by atoms with van der Waals surface area (Å²) in [6.45, 7) is -0.0424. The van der Waals surface area contributed by atoms with Crippen molar-refractivity contribution < 1.29 is 4.79 Å². The van der Waals surface area contributed by atoms with Crippen molar-refractivity contribution in [2.24, 2.45) is 0 Å². The number of tetrazole rings is 1. The fourth-order valence-electron chi connectivity index (χ4n) is 2.33. The predicted octanol–water partition coefficient (Wildman–Crippen LogP) is 2.70. The van der Waals surface area contributed by atoms with E-state index in [4.69, 9.17) is 11.6 Å². The highest BCUT2D eigenvalue weighted by Gasteiger charge is 2.12. The number of aromatic nitrogens is 4. The lowest BCUT2D eigenvalue weighted by molar-refractivity contribution is -0.117. The first-order valence-electron chi connectivity index (χ1n) is 7.63. The van der Waals surface area contributed by atoms with Gasteiger partial charge >= 0.3 is 0 Å². The van der Waals surface area contributed by atoms with Gasteiger partial charge < -0.3 is 10.2 Å². The highest BCUT2D eigenvalue weighted by molar-refractivity contribution is 6.31. The average molecular weight is 357 g/mol. The Balaban J connectivity index is 1.72. The second-order valence-electron chi connectivity index (χ2n) is 5.61. The van der Waals surface area contributed by atoms with Crippen molar-refractivity contribution in [2.75, 3.05) is 24.3 Å². The lowest BCUT2D eigenvalue weighted by Crippen LogP contribution is -2.22. The van der Waals surface area contributed by atoms with Crippen molar-refractivity contribution in [1.29, 1.82) is 0 Å². The monoisotopic (exact) mass is 356 g/mol. The largest absolute Gasteiger partial charge is 0.376 e. The molecule has 0 saturated heterocycles. The number of amides is 1. The van der Waals surface area contributed by atoms with Crippen molar-refractivity contribution in [3.8, 4) is 11.4 Å². The molecule has 25 heavy (non-hydrogen) atoms. The van der Waals surface area contributed by atoms with E-state index >= 15 is 0 Å². The molecular formula is C17H17ClN6O. The highest BCUT2D eigenvalue weighted by Crippen LogP contribution is 2.27. The molecule has 0 aliphatic heterocycles. The van der Waals surface area contributed by atoms with Gasteiger partial charge in [0.15, 0.2) is 0 Å². The van der Waals surface area contributed by atoms with Crippen LogP contribution in [-0.2, 0) is 11.3 Å². The molecule has 0 saturated carbocycles. The van der Waals surface area contributed by atoms with E-state index in [1.807, 2.05) is 55.4 Å². The molecule has 0 radical (unpaired) electrons. The molecule has 2 aromatic carbocycles. The summed E-state index contributed by atoms with van der Waals surface area (Å²) >= 11 is 6.03. The molecule has 1 N–H and O–H groups in total. The third-order valence-corrected chi connectivity index (χ3v) is 3.72. The van der Waals surface area contributed by atoms with E-state index < -0.39 is 0 Å². The quantitative estimate of drug-likeness (QED) is 0.760. The topological polar surface area (TPSA) is 75.9 Å². The van der Waals surface area contributed by atoms with Crippen LogP contribution in [0.5, 0.6) is 0 Å². The van der Waals surface area contributed by atoms with Gasteiger partial charge in [-0.05, 0) is 23.4 Å². The maximum atomic E-state index is 12.3. The third-order valence-electron chi connectivity index (χ3n) is 3.48. The van der Waals surface area contributed by atoms with Gasteiger partial charge in [0.1, 0.15) is 6.54 Å². The molecule has 0 fully saturated rings. The lowest BCUT2D eigenvalue weighted by Gasteiger charge is -2.18. The minimum absolute atomic E-state index is 0.0424. The smallest absolute Gasteiger partial charge is 0.248 e. The molecule has 1 amide bonds. The van der Waals surface area contributed by atoms with Gasteiger partial charge in [-0.3, -0.25) is 4.79 Å². The SMILES string of the molecule is CN(C)c1ccc(Cl)cc1NC(=O)Cn1nnc(-c2ccccc2)n1. The van der Waals surface area contributed by atoms with Gasteiger partial charge in [-0.25, -0.2) is 0 Å². The van der Waals surface area contributed by atoms with Crippen molar-refractivity contribution in [1.82, 2.24) is 20.2 Å². The van der Waals surface area contributed by atoms with Crippen LogP contribution in [0.4, 0.5) is 11.4 Å². The van der Waals surface area contributed by atoms with Crippen LogP contribution < -0.4 is 10.2 Å². The van der Waals surface area contributed by atoms with Crippen LogP contribution in [0.3, 0.4) is 0 Å². The van der Waals surface area contributed by atoms with Crippen LogP contribution in [0.2, 0.25) is 5.02 Å². The number of carbonyl (C=O) groups is 1. The first kappa shape index (κ1) is 16.9. The number of nitrogens with zero attached hydrogens (tertiary/aromatic N) is 5. The number of carbonyl (C=O) groups excluding carboxylic acids is 1. The third kappa shape index (κ3) is 4.13. The van der Waals surface area contributed by atoms with Gasteiger partial charge in [0.05, 0.1) is 11.4 Å². The molecule has 0 aliphatic rings. The second-order valence-corrected chi connectivity index (χ2v) is 6.05. The van der Waals surface area contributed by atoms with Gasteiger partial charge in [0.25, 0.3) is 0 Å². The zero-order valence-electron chi connectivity index (χ0n) is 13.8. The molecule has 8 heteroatoms. The molecule has 1 heterocycles. The molecule has 1 aromatic heterocycles. The lowest BCUT2D eigenvalue weighted by atomic mass is 10.2. The zero-order valence-corrected chi connectivity index (χ0v) is 14.6. The number of benzene rings is 2. The van der Waals surface area contributed by atoms with Gasteiger partial charge in [-0.1, -0.05) is 41.9 Å². The van der Waals surface area contributed by atoms with Crippen LogP contribution in [-0.4, -0.2) is 40.2 Å². The normalized spacial score (nSPS) is 10.5. The maximum Gasteiger partial charge on any atom is 0.248 e. The van der Waals surface area contributed by atoms with Gasteiger partial charge in [0.2, 0.25) is 11.7 Å². The minimum Gasteiger partial charge on any atom is -0.376 e. The van der Waals surface area contributed by atoms with E-state index in [1.54, 1.807) is 12.1 Å². The van der Waals surface area contributed by atoms with E-state index in [9.17, 15) is 4.79 Å². The summed E-state index contributed by atoms with van der Waals surface area (Å²) in [5.74, 6) is 0.215. The second kappa shape index (κ2) is 7.31. The van der Waals surface area contributed by atoms with Crippen molar-refractivity contribution >= 4 is 28.9 Å². The summed E-state index contributed by atoms with van der Waals surface area (Å²) < 4.78 is 0. The molecule has 128 valence electrons. The Hall–Kier alpha value is -2.93. The Bertz CT molecular complexity index is 878. The highest BCUT2D eigenvalue weighted by atomic mass is 35.5.